The number of nitrogens with zero attached hydrogens (tertiary/aromatic N) is 2. The van der Waals surface area contributed by atoms with E-state index in [1.165, 1.54) is 7.11 Å². The maximum atomic E-state index is 11.7. The van der Waals surface area contributed by atoms with Crippen LogP contribution in [-0.2, 0) is 16.1 Å². The Balaban J connectivity index is 0.00000392. The Morgan fingerprint density at radius 1 is 1.32 bits per heavy atom. The van der Waals surface area contributed by atoms with Gasteiger partial charge < -0.3 is 19.7 Å². The number of esters is 1. The molecule has 0 bridgehead atoms. The Kier molecular flexibility index (Phi) is 11.3. The second kappa shape index (κ2) is 12.9. The number of piperidine rings is 1. The standard InChI is InChI=1S/C21H33N3O3.HI/c1-5-22-21(24-11-9-18(10-12-24)20(25)26-4)23-14-17-7-6-8-19(13-17)27-15-16(2)3;/h6-8,13,16,18H,5,9-12,14-15H2,1-4H3,(H,22,23);1H. The van der Waals surface area contributed by atoms with Crippen LogP contribution in [0.15, 0.2) is 29.3 Å². The van der Waals surface area contributed by atoms with Crippen LogP contribution in [0.4, 0.5) is 0 Å². The minimum absolute atomic E-state index is 0. The Morgan fingerprint density at radius 3 is 2.64 bits per heavy atom. The van der Waals surface area contributed by atoms with Crippen LogP contribution in [0.2, 0.25) is 0 Å². The van der Waals surface area contributed by atoms with Crippen molar-refractivity contribution in [3.05, 3.63) is 29.8 Å². The molecular weight excluding hydrogens is 469 g/mol. The van der Waals surface area contributed by atoms with Gasteiger partial charge in [-0.2, -0.15) is 0 Å². The third-order valence-corrected chi connectivity index (χ3v) is 4.56. The number of halogens is 1. The monoisotopic (exact) mass is 503 g/mol. The minimum Gasteiger partial charge on any atom is -0.493 e. The molecule has 1 aliphatic rings. The average Bonchev–Trinajstić information content (AvgIpc) is 2.69. The molecule has 1 saturated heterocycles. The predicted molar refractivity (Wildman–Crippen MR) is 123 cm³/mol. The zero-order valence-corrected chi connectivity index (χ0v) is 19.8. The SMILES string of the molecule is CCNC(=NCc1cccc(OCC(C)C)c1)N1CCC(C(=O)OC)CC1.I. The molecule has 0 spiro atoms. The highest BCUT2D eigenvalue weighted by molar-refractivity contribution is 14.0. The van der Waals surface area contributed by atoms with Crippen molar-refractivity contribution in [2.24, 2.45) is 16.8 Å². The Hall–Kier alpha value is -1.51. The number of guanidine groups is 1. The topological polar surface area (TPSA) is 63.2 Å². The summed E-state index contributed by atoms with van der Waals surface area (Å²) in [4.78, 5) is 18.7. The lowest BCUT2D eigenvalue weighted by atomic mass is 9.97. The molecule has 1 N–H and O–H groups in total. The summed E-state index contributed by atoms with van der Waals surface area (Å²) in [6, 6.07) is 8.12. The molecule has 158 valence electrons. The summed E-state index contributed by atoms with van der Waals surface area (Å²) in [5.74, 6) is 2.19. The summed E-state index contributed by atoms with van der Waals surface area (Å²) in [6.07, 6.45) is 1.60. The second-order valence-electron chi connectivity index (χ2n) is 7.31. The molecule has 28 heavy (non-hydrogen) atoms. The molecule has 1 fully saturated rings. The van der Waals surface area contributed by atoms with Gasteiger partial charge in [-0.05, 0) is 43.4 Å². The smallest absolute Gasteiger partial charge is 0.308 e. The van der Waals surface area contributed by atoms with Gasteiger partial charge in [0, 0.05) is 19.6 Å². The average molecular weight is 503 g/mol. The third-order valence-electron chi connectivity index (χ3n) is 4.56. The number of benzene rings is 1. The Labute approximate surface area is 186 Å². The molecule has 0 unspecified atom stereocenters. The van der Waals surface area contributed by atoms with Crippen LogP contribution in [0.1, 0.15) is 39.2 Å². The van der Waals surface area contributed by atoms with Crippen LogP contribution in [0.5, 0.6) is 5.75 Å². The first-order valence-electron chi connectivity index (χ1n) is 9.86. The van der Waals surface area contributed by atoms with E-state index in [0.29, 0.717) is 19.1 Å². The maximum Gasteiger partial charge on any atom is 0.308 e. The Morgan fingerprint density at radius 2 is 2.04 bits per heavy atom. The summed E-state index contributed by atoms with van der Waals surface area (Å²) < 4.78 is 10.7. The van der Waals surface area contributed by atoms with E-state index in [0.717, 1.165) is 49.7 Å². The molecule has 7 heteroatoms. The van der Waals surface area contributed by atoms with Gasteiger partial charge >= 0.3 is 5.97 Å². The van der Waals surface area contributed by atoms with Gasteiger partial charge in [-0.1, -0.05) is 26.0 Å². The molecule has 1 aliphatic heterocycles. The summed E-state index contributed by atoms with van der Waals surface area (Å²) in [5, 5.41) is 3.36. The number of aliphatic imine (C=N–C) groups is 1. The minimum atomic E-state index is -0.102. The zero-order chi connectivity index (χ0) is 19.6. The number of carbonyl (C=O) groups excluding carboxylic acids is 1. The van der Waals surface area contributed by atoms with E-state index in [9.17, 15) is 4.79 Å². The van der Waals surface area contributed by atoms with Crippen molar-refractivity contribution in [3.63, 3.8) is 0 Å². The first kappa shape index (κ1) is 24.5. The summed E-state index contributed by atoms with van der Waals surface area (Å²) in [6.45, 7) is 10.1. The highest BCUT2D eigenvalue weighted by Gasteiger charge is 2.26. The lowest BCUT2D eigenvalue weighted by Gasteiger charge is -2.33. The summed E-state index contributed by atoms with van der Waals surface area (Å²) in [7, 11) is 1.46. The molecule has 0 amide bonds. The van der Waals surface area contributed by atoms with Gasteiger partial charge in [0.05, 0.1) is 26.2 Å². The molecule has 1 aromatic rings. The van der Waals surface area contributed by atoms with Gasteiger partial charge in [0.25, 0.3) is 0 Å². The highest BCUT2D eigenvalue weighted by Crippen LogP contribution is 2.19. The molecule has 1 heterocycles. The van der Waals surface area contributed by atoms with Gasteiger partial charge in [-0.15, -0.1) is 24.0 Å². The fraction of sp³-hybridized carbons (Fsp3) is 0.619. The first-order valence-corrected chi connectivity index (χ1v) is 9.86. The number of ether oxygens (including phenoxy) is 2. The molecular formula is C21H34IN3O3. The lowest BCUT2D eigenvalue weighted by Crippen LogP contribution is -2.46. The molecule has 6 nitrogen and oxygen atoms in total. The highest BCUT2D eigenvalue weighted by atomic mass is 127. The number of methoxy groups -OCH3 is 1. The van der Waals surface area contributed by atoms with Crippen LogP contribution in [0.3, 0.4) is 0 Å². The van der Waals surface area contributed by atoms with Gasteiger partial charge in [-0.25, -0.2) is 4.99 Å². The fourth-order valence-electron chi connectivity index (χ4n) is 3.08. The van der Waals surface area contributed by atoms with Crippen molar-refractivity contribution in [3.8, 4) is 5.75 Å². The van der Waals surface area contributed by atoms with Crippen LogP contribution in [0.25, 0.3) is 0 Å². The number of likely N-dealkylation sites (tertiary alicyclic amines) is 1. The zero-order valence-electron chi connectivity index (χ0n) is 17.4. The molecule has 1 aromatic carbocycles. The lowest BCUT2D eigenvalue weighted by molar-refractivity contribution is -0.146. The molecule has 2 rings (SSSR count). The fourth-order valence-corrected chi connectivity index (χ4v) is 3.08. The van der Waals surface area contributed by atoms with Crippen LogP contribution in [-0.4, -0.2) is 50.2 Å². The number of nitrogens with one attached hydrogen (secondary N) is 1. The molecule has 0 radical (unpaired) electrons. The van der Waals surface area contributed by atoms with Crippen molar-refractivity contribution in [1.29, 1.82) is 0 Å². The number of rotatable bonds is 7. The third kappa shape index (κ3) is 7.85. The largest absolute Gasteiger partial charge is 0.493 e. The predicted octanol–water partition coefficient (Wildman–Crippen LogP) is 3.69. The number of hydrogen-bond acceptors (Lipinski definition) is 4. The van der Waals surface area contributed by atoms with Crippen molar-refractivity contribution >= 4 is 35.9 Å². The van der Waals surface area contributed by atoms with Crippen molar-refractivity contribution in [1.82, 2.24) is 10.2 Å². The Bertz CT molecular complexity index is 629. The van der Waals surface area contributed by atoms with Crippen LogP contribution >= 0.6 is 24.0 Å². The van der Waals surface area contributed by atoms with Crippen molar-refractivity contribution < 1.29 is 14.3 Å². The van der Waals surface area contributed by atoms with E-state index in [-0.39, 0.29) is 35.9 Å². The number of carbonyl (C=O) groups is 1. The van der Waals surface area contributed by atoms with E-state index in [1.807, 2.05) is 12.1 Å². The molecule has 0 saturated carbocycles. The van der Waals surface area contributed by atoms with Crippen molar-refractivity contribution in [2.45, 2.75) is 40.2 Å². The van der Waals surface area contributed by atoms with E-state index in [1.54, 1.807) is 0 Å². The van der Waals surface area contributed by atoms with Gasteiger partial charge in [0.1, 0.15) is 5.75 Å². The van der Waals surface area contributed by atoms with Crippen LogP contribution < -0.4 is 10.1 Å². The molecule has 0 atom stereocenters. The van der Waals surface area contributed by atoms with E-state index in [4.69, 9.17) is 14.5 Å². The van der Waals surface area contributed by atoms with Gasteiger partial charge in [-0.3, -0.25) is 4.79 Å². The van der Waals surface area contributed by atoms with E-state index < -0.39 is 0 Å². The second-order valence-corrected chi connectivity index (χ2v) is 7.31. The summed E-state index contributed by atoms with van der Waals surface area (Å²) >= 11 is 0. The summed E-state index contributed by atoms with van der Waals surface area (Å²) in [5.41, 5.74) is 1.12. The van der Waals surface area contributed by atoms with E-state index >= 15 is 0 Å². The van der Waals surface area contributed by atoms with Crippen LogP contribution in [0, 0.1) is 11.8 Å². The maximum absolute atomic E-state index is 11.7. The van der Waals surface area contributed by atoms with Gasteiger partial charge in [0.2, 0.25) is 0 Å². The van der Waals surface area contributed by atoms with Gasteiger partial charge in [0.15, 0.2) is 5.96 Å². The molecule has 0 aromatic heterocycles. The number of hydrogen-bond donors (Lipinski definition) is 1. The van der Waals surface area contributed by atoms with E-state index in [2.05, 4.69) is 43.1 Å². The normalized spacial score (nSPS) is 15.2. The quantitative estimate of drug-likeness (QED) is 0.266. The molecule has 0 aliphatic carbocycles. The van der Waals surface area contributed by atoms with Crippen molar-refractivity contribution in [2.75, 3.05) is 33.4 Å². The first-order chi connectivity index (χ1) is 13.0.